The topological polar surface area (TPSA) is 29.5 Å². The van der Waals surface area contributed by atoms with Gasteiger partial charge in [0.1, 0.15) is 12.4 Å². The molecule has 74 valence electrons. The molecule has 0 aliphatic carbocycles. The van der Waals surface area contributed by atoms with Crippen LogP contribution in [0.2, 0.25) is 0 Å². The minimum absolute atomic E-state index is 0.273. The molecule has 0 bridgehead atoms. The molecule has 0 heterocycles. The van der Waals surface area contributed by atoms with Gasteiger partial charge >= 0.3 is 0 Å². The van der Waals surface area contributed by atoms with E-state index in [1.165, 1.54) is 0 Å². The first-order chi connectivity index (χ1) is 6.77. The van der Waals surface area contributed by atoms with Crippen molar-refractivity contribution in [3.8, 4) is 18.1 Å². The van der Waals surface area contributed by atoms with Crippen LogP contribution < -0.4 is 4.74 Å². The first-order valence-corrected chi connectivity index (χ1v) is 4.62. The first kappa shape index (κ1) is 10.6. The van der Waals surface area contributed by atoms with E-state index >= 15 is 0 Å². The summed E-state index contributed by atoms with van der Waals surface area (Å²) >= 11 is 0. The van der Waals surface area contributed by atoms with Crippen molar-refractivity contribution in [2.24, 2.45) is 0 Å². The van der Waals surface area contributed by atoms with Crippen molar-refractivity contribution in [1.82, 2.24) is 0 Å². The van der Waals surface area contributed by atoms with E-state index in [9.17, 15) is 5.11 Å². The molecule has 1 atom stereocenters. The lowest BCUT2D eigenvalue weighted by Gasteiger charge is -2.08. The molecular formula is C12H14O2. The van der Waals surface area contributed by atoms with Gasteiger partial charge in [-0.25, -0.2) is 0 Å². The number of terminal acetylenes is 1. The fourth-order valence-corrected chi connectivity index (χ4v) is 1.15. The van der Waals surface area contributed by atoms with Gasteiger partial charge in [0, 0.05) is 0 Å². The molecule has 14 heavy (non-hydrogen) atoms. The zero-order valence-corrected chi connectivity index (χ0v) is 8.23. The molecule has 1 aromatic rings. The highest BCUT2D eigenvalue weighted by Crippen LogP contribution is 2.19. The summed E-state index contributed by atoms with van der Waals surface area (Å²) < 4.78 is 5.21. The van der Waals surface area contributed by atoms with Crippen molar-refractivity contribution in [2.45, 2.75) is 19.4 Å². The Balaban J connectivity index is 2.64. The molecule has 0 fully saturated rings. The van der Waals surface area contributed by atoms with Gasteiger partial charge in [-0.1, -0.05) is 25.0 Å². The lowest BCUT2D eigenvalue weighted by Crippen LogP contribution is -1.96. The molecule has 0 radical (unpaired) electrons. The van der Waals surface area contributed by atoms with Crippen molar-refractivity contribution in [2.75, 3.05) is 6.61 Å². The molecule has 0 saturated carbocycles. The second kappa shape index (κ2) is 5.31. The predicted molar refractivity (Wildman–Crippen MR) is 56.0 cm³/mol. The van der Waals surface area contributed by atoms with Crippen LogP contribution in [0, 0.1) is 12.3 Å². The Morgan fingerprint density at radius 2 is 2.07 bits per heavy atom. The molecule has 2 heteroatoms. The number of aliphatic hydroxyl groups excluding tert-OH is 1. The molecule has 0 saturated heterocycles. The van der Waals surface area contributed by atoms with Gasteiger partial charge in [0.05, 0.1) is 6.10 Å². The van der Waals surface area contributed by atoms with Gasteiger partial charge in [-0.2, -0.15) is 0 Å². The third-order valence-electron chi connectivity index (χ3n) is 1.97. The van der Waals surface area contributed by atoms with E-state index in [4.69, 9.17) is 11.2 Å². The van der Waals surface area contributed by atoms with Gasteiger partial charge in [0.2, 0.25) is 0 Å². The van der Waals surface area contributed by atoms with E-state index in [0.29, 0.717) is 6.42 Å². The summed E-state index contributed by atoms with van der Waals surface area (Å²) in [6.07, 6.45) is 5.38. The lowest BCUT2D eigenvalue weighted by atomic mass is 10.1. The summed E-state index contributed by atoms with van der Waals surface area (Å²) in [5.41, 5.74) is 0.903. The van der Waals surface area contributed by atoms with Crippen LogP contribution in [0.25, 0.3) is 0 Å². The van der Waals surface area contributed by atoms with Crippen LogP contribution >= 0.6 is 0 Å². The Kier molecular flexibility index (Phi) is 4.03. The zero-order chi connectivity index (χ0) is 10.4. The summed E-state index contributed by atoms with van der Waals surface area (Å²) in [5.74, 6) is 3.12. The van der Waals surface area contributed by atoms with Crippen molar-refractivity contribution in [3.05, 3.63) is 29.8 Å². The third-order valence-corrected chi connectivity index (χ3v) is 1.97. The number of hydrogen-bond acceptors (Lipinski definition) is 2. The van der Waals surface area contributed by atoms with Crippen LogP contribution in [0.3, 0.4) is 0 Å². The fraction of sp³-hybridized carbons (Fsp3) is 0.333. The molecule has 2 nitrogen and oxygen atoms in total. The van der Waals surface area contributed by atoms with Gasteiger partial charge in [-0.3, -0.25) is 0 Å². The number of aliphatic hydroxyl groups is 1. The van der Waals surface area contributed by atoms with Crippen LogP contribution in [-0.2, 0) is 0 Å². The Labute approximate surface area is 84.5 Å². The normalized spacial score (nSPS) is 11.8. The monoisotopic (exact) mass is 190 g/mol. The smallest absolute Gasteiger partial charge is 0.148 e. The van der Waals surface area contributed by atoms with Gasteiger partial charge in [-0.15, -0.1) is 6.42 Å². The Bertz CT molecular complexity index is 308. The van der Waals surface area contributed by atoms with Crippen LogP contribution in [0.15, 0.2) is 24.3 Å². The Morgan fingerprint density at radius 1 is 1.43 bits per heavy atom. The molecule has 1 N–H and O–H groups in total. The lowest BCUT2D eigenvalue weighted by molar-refractivity contribution is 0.173. The van der Waals surface area contributed by atoms with E-state index in [1.807, 2.05) is 31.2 Å². The first-order valence-electron chi connectivity index (χ1n) is 4.62. The number of rotatable bonds is 4. The van der Waals surface area contributed by atoms with E-state index in [0.717, 1.165) is 11.3 Å². The third kappa shape index (κ3) is 2.79. The molecule has 0 aliphatic rings. The number of hydrogen-bond donors (Lipinski definition) is 1. The van der Waals surface area contributed by atoms with E-state index in [-0.39, 0.29) is 6.61 Å². The van der Waals surface area contributed by atoms with Crippen molar-refractivity contribution >= 4 is 0 Å². The van der Waals surface area contributed by atoms with Gasteiger partial charge < -0.3 is 9.84 Å². The molecule has 1 aromatic carbocycles. The van der Waals surface area contributed by atoms with Crippen LogP contribution in [-0.4, -0.2) is 11.7 Å². The average molecular weight is 190 g/mol. The quantitative estimate of drug-likeness (QED) is 0.737. The van der Waals surface area contributed by atoms with Crippen LogP contribution in [0.4, 0.5) is 0 Å². The maximum Gasteiger partial charge on any atom is 0.148 e. The Hall–Kier alpha value is -1.46. The van der Waals surface area contributed by atoms with E-state index in [1.54, 1.807) is 0 Å². The summed E-state index contributed by atoms with van der Waals surface area (Å²) in [7, 11) is 0. The average Bonchev–Trinajstić information content (AvgIpc) is 2.26. The standard InChI is InChI=1S/C12H14O2/c1-3-9-14-11-7-5-10(6-8-11)12(13)4-2/h1,5-8,12-13H,4,9H2,2H3. The van der Waals surface area contributed by atoms with Gasteiger partial charge in [-0.05, 0) is 24.1 Å². The highest BCUT2D eigenvalue weighted by molar-refractivity contribution is 5.28. The largest absolute Gasteiger partial charge is 0.481 e. The van der Waals surface area contributed by atoms with E-state index in [2.05, 4.69) is 5.92 Å². The Morgan fingerprint density at radius 3 is 2.57 bits per heavy atom. The van der Waals surface area contributed by atoms with E-state index < -0.39 is 6.10 Å². The maximum absolute atomic E-state index is 9.52. The minimum atomic E-state index is -0.392. The van der Waals surface area contributed by atoms with Crippen LogP contribution in [0.1, 0.15) is 25.0 Å². The number of ether oxygens (including phenoxy) is 1. The molecule has 0 aliphatic heterocycles. The SMILES string of the molecule is C#CCOc1ccc(C(O)CC)cc1. The summed E-state index contributed by atoms with van der Waals surface area (Å²) in [4.78, 5) is 0. The van der Waals surface area contributed by atoms with Crippen molar-refractivity contribution in [3.63, 3.8) is 0 Å². The highest BCUT2D eigenvalue weighted by Gasteiger charge is 2.03. The summed E-state index contributed by atoms with van der Waals surface area (Å²) in [6.45, 7) is 2.21. The second-order valence-electron chi connectivity index (χ2n) is 2.99. The molecule has 1 rings (SSSR count). The summed E-state index contributed by atoms with van der Waals surface area (Å²) in [6, 6.07) is 7.32. The van der Waals surface area contributed by atoms with Crippen molar-refractivity contribution in [1.29, 1.82) is 0 Å². The van der Waals surface area contributed by atoms with Gasteiger partial charge in [0.15, 0.2) is 0 Å². The molecular weight excluding hydrogens is 176 g/mol. The minimum Gasteiger partial charge on any atom is -0.481 e. The maximum atomic E-state index is 9.52. The fourth-order valence-electron chi connectivity index (χ4n) is 1.15. The second-order valence-corrected chi connectivity index (χ2v) is 2.99. The highest BCUT2D eigenvalue weighted by atomic mass is 16.5. The molecule has 0 spiro atoms. The van der Waals surface area contributed by atoms with Crippen LogP contribution in [0.5, 0.6) is 5.75 Å². The number of benzene rings is 1. The summed E-state index contributed by atoms with van der Waals surface area (Å²) in [5, 5.41) is 9.52. The van der Waals surface area contributed by atoms with Crippen molar-refractivity contribution < 1.29 is 9.84 Å². The molecule has 0 amide bonds. The molecule has 1 unspecified atom stereocenters. The van der Waals surface area contributed by atoms with Gasteiger partial charge in [0.25, 0.3) is 0 Å². The molecule has 0 aromatic heterocycles. The zero-order valence-electron chi connectivity index (χ0n) is 8.23. The predicted octanol–water partition coefficient (Wildman–Crippen LogP) is 2.14.